The monoisotopic (exact) mass is 481 g/mol. The van der Waals surface area contributed by atoms with Gasteiger partial charge in [0, 0.05) is 33.1 Å². The Balaban J connectivity index is 1.40. The second kappa shape index (κ2) is 11.9. The minimum atomic E-state index is -0.647. The van der Waals surface area contributed by atoms with E-state index < -0.39 is 12.6 Å². The maximum absolute atomic E-state index is 12.2. The van der Waals surface area contributed by atoms with E-state index >= 15 is 0 Å². The molecule has 6 nitrogen and oxygen atoms in total. The summed E-state index contributed by atoms with van der Waals surface area (Å²) in [6.07, 6.45) is 3.00. The maximum atomic E-state index is 12.2. The highest BCUT2D eigenvalue weighted by Gasteiger charge is 2.12. The quantitative estimate of drug-likeness (QED) is 0.236. The molecular formula is C25H20ClNO5S. The highest BCUT2D eigenvalue weighted by atomic mass is 35.5. The van der Waals surface area contributed by atoms with Crippen molar-refractivity contribution in [2.45, 2.75) is 12.8 Å². The summed E-state index contributed by atoms with van der Waals surface area (Å²) >= 11 is 7.31. The van der Waals surface area contributed by atoms with Gasteiger partial charge in [0.1, 0.15) is 0 Å². The van der Waals surface area contributed by atoms with Crippen LogP contribution in [0.5, 0.6) is 0 Å². The topological polar surface area (TPSA) is 89.5 Å². The molecule has 0 aliphatic rings. The number of anilines is 1. The van der Waals surface area contributed by atoms with Gasteiger partial charge in [-0.3, -0.25) is 19.2 Å². The smallest absolute Gasteiger partial charge is 0.306 e. The first kappa shape index (κ1) is 24.1. The fourth-order valence-electron chi connectivity index (χ4n) is 2.73. The van der Waals surface area contributed by atoms with Gasteiger partial charge < -0.3 is 10.1 Å². The first-order valence-corrected chi connectivity index (χ1v) is 11.3. The Labute approximate surface area is 199 Å². The number of Topliss-reactive ketones (excluding diaryl/α,β-unsaturated/α-hetero) is 1. The Kier molecular flexibility index (Phi) is 8.69. The average Bonchev–Trinajstić information content (AvgIpc) is 3.34. The number of carbonyl (C=O) groups is 4. The molecule has 0 spiro atoms. The fraction of sp³-hybridized carbons (Fsp3) is 0.120. The zero-order valence-electron chi connectivity index (χ0n) is 17.5. The molecule has 8 heteroatoms. The van der Waals surface area contributed by atoms with Gasteiger partial charge in [-0.25, -0.2) is 0 Å². The van der Waals surface area contributed by atoms with Crippen LogP contribution in [0.3, 0.4) is 0 Å². The summed E-state index contributed by atoms with van der Waals surface area (Å²) in [5.74, 6) is -1.53. The Bertz CT molecular complexity index is 1150. The molecule has 0 aliphatic heterocycles. The first-order chi connectivity index (χ1) is 15.9. The molecule has 0 radical (unpaired) electrons. The summed E-state index contributed by atoms with van der Waals surface area (Å²) in [5, 5.41) is 5.09. The van der Waals surface area contributed by atoms with E-state index in [1.54, 1.807) is 54.6 Å². The molecular weight excluding hydrogens is 462 g/mol. The minimum Gasteiger partial charge on any atom is -0.457 e. The molecule has 168 valence electrons. The van der Waals surface area contributed by atoms with Crippen LogP contribution in [0.15, 0.2) is 72.1 Å². The highest BCUT2D eigenvalue weighted by molar-refractivity contribution is 7.10. The standard InChI is InChI=1S/C25H20ClNO5S/c26-19-7-3-18(4-8-19)23(29)16-32-25(31)14-13-24(30)27-20-9-5-17(6-10-20)22(28)12-11-21-2-1-15-33-21/h1-12,15H,13-14,16H2,(H,27,30). The molecule has 1 N–H and O–H groups in total. The number of esters is 1. The van der Waals surface area contributed by atoms with Crippen molar-refractivity contribution in [2.24, 2.45) is 0 Å². The molecule has 2 aromatic carbocycles. The first-order valence-electron chi connectivity index (χ1n) is 10.0. The molecule has 33 heavy (non-hydrogen) atoms. The lowest BCUT2D eigenvalue weighted by Gasteiger charge is -2.07. The summed E-state index contributed by atoms with van der Waals surface area (Å²) in [6, 6.07) is 16.5. The zero-order chi connectivity index (χ0) is 23.6. The van der Waals surface area contributed by atoms with Crippen molar-refractivity contribution in [3.63, 3.8) is 0 Å². The normalized spacial score (nSPS) is 10.7. The molecule has 3 rings (SSSR count). The van der Waals surface area contributed by atoms with Crippen LogP contribution in [0.25, 0.3) is 6.08 Å². The molecule has 0 bridgehead atoms. The van der Waals surface area contributed by atoms with Gasteiger partial charge in [0.05, 0.1) is 6.42 Å². The van der Waals surface area contributed by atoms with E-state index in [2.05, 4.69) is 5.32 Å². The Hall–Kier alpha value is -3.55. The van der Waals surface area contributed by atoms with E-state index in [1.807, 2.05) is 17.5 Å². The zero-order valence-corrected chi connectivity index (χ0v) is 19.0. The minimum absolute atomic E-state index is 0.0990. The second-order valence-corrected chi connectivity index (χ2v) is 8.34. The third kappa shape index (κ3) is 7.82. The van der Waals surface area contributed by atoms with E-state index in [-0.39, 0.29) is 30.3 Å². The van der Waals surface area contributed by atoms with Gasteiger partial charge in [-0.15, -0.1) is 11.3 Å². The van der Waals surface area contributed by atoms with Crippen molar-refractivity contribution in [1.82, 2.24) is 0 Å². The SMILES string of the molecule is O=C(CCC(=O)OCC(=O)c1ccc(Cl)cc1)Nc1ccc(C(=O)C=Cc2cccs2)cc1. The summed E-state index contributed by atoms with van der Waals surface area (Å²) in [7, 11) is 0. The van der Waals surface area contributed by atoms with Gasteiger partial charge in [-0.05, 0) is 72.1 Å². The number of rotatable bonds is 10. The van der Waals surface area contributed by atoms with Crippen LogP contribution in [-0.4, -0.2) is 30.0 Å². The number of hydrogen-bond donors (Lipinski definition) is 1. The molecule has 0 unspecified atom stereocenters. The average molecular weight is 482 g/mol. The lowest BCUT2D eigenvalue weighted by atomic mass is 10.1. The predicted octanol–water partition coefficient (Wildman–Crippen LogP) is 5.44. The van der Waals surface area contributed by atoms with Crippen molar-refractivity contribution in [2.75, 3.05) is 11.9 Å². The van der Waals surface area contributed by atoms with Crippen LogP contribution < -0.4 is 5.32 Å². The molecule has 0 aliphatic carbocycles. The van der Waals surface area contributed by atoms with Crippen molar-refractivity contribution in [3.8, 4) is 0 Å². The highest BCUT2D eigenvalue weighted by Crippen LogP contribution is 2.14. The Morgan fingerprint density at radius 1 is 0.909 bits per heavy atom. The van der Waals surface area contributed by atoms with Crippen LogP contribution in [0.4, 0.5) is 5.69 Å². The summed E-state index contributed by atoms with van der Waals surface area (Å²) in [4.78, 5) is 49.1. The number of amides is 1. The second-order valence-electron chi connectivity index (χ2n) is 6.93. The summed E-state index contributed by atoms with van der Waals surface area (Å²) in [6.45, 7) is -0.404. The van der Waals surface area contributed by atoms with Gasteiger partial charge in [-0.1, -0.05) is 17.7 Å². The van der Waals surface area contributed by atoms with Gasteiger partial charge in [0.2, 0.25) is 5.91 Å². The molecule has 0 saturated carbocycles. The van der Waals surface area contributed by atoms with Crippen molar-refractivity contribution >= 4 is 58.1 Å². The number of carbonyl (C=O) groups excluding carboxylic acids is 4. The van der Waals surface area contributed by atoms with Gasteiger partial charge >= 0.3 is 5.97 Å². The van der Waals surface area contributed by atoms with Gasteiger partial charge in [0.25, 0.3) is 0 Å². The van der Waals surface area contributed by atoms with Crippen molar-refractivity contribution in [3.05, 3.63) is 93.1 Å². The molecule has 0 atom stereocenters. The van der Waals surface area contributed by atoms with E-state index in [0.29, 0.717) is 21.8 Å². The maximum Gasteiger partial charge on any atom is 0.306 e. The molecule has 0 saturated heterocycles. The molecule has 0 fully saturated rings. The van der Waals surface area contributed by atoms with Crippen LogP contribution in [0.2, 0.25) is 5.02 Å². The Morgan fingerprint density at radius 2 is 1.61 bits per heavy atom. The number of benzene rings is 2. The fourth-order valence-corrected chi connectivity index (χ4v) is 3.48. The van der Waals surface area contributed by atoms with E-state index in [4.69, 9.17) is 16.3 Å². The number of allylic oxidation sites excluding steroid dienone is 1. The number of ketones is 2. The van der Waals surface area contributed by atoms with E-state index in [9.17, 15) is 19.2 Å². The van der Waals surface area contributed by atoms with Crippen molar-refractivity contribution < 1.29 is 23.9 Å². The van der Waals surface area contributed by atoms with E-state index in [1.165, 1.54) is 17.4 Å². The largest absolute Gasteiger partial charge is 0.457 e. The third-order valence-electron chi connectivity index (χ3n) is 4.48. The van der Waals surface area contributed by atoms with Gasteiger partial charge in [-0.2, -0.15) is 0 Å². The Morgan fingerprint density at radius 3 is 2.27 bits per heavy atom. The number of hydrogen-bond acceptors (Lipinski definition) is 6. The lowest BCUT2D eigenvalue weighted by Crippen LogP contribution is -2.17. The van der Waals surface area contributed by atoms with Crippen LogP contribution in [-0.2, 0) is 14.3 Å². The molecule has 3 aromatic rings. The number of thiophene rings is 1. The van der Waals surface area contributed by atoms with Crippen LogP contribution in [0.1, 0.15) is 38.4 Å². The number of ether oxygens (including phenoxy) is 1. The number of halogens is 1. The van der Waals surface area contributed by atoms with Crippen LogP contribution >= 0.6 is 22.9 Å². The lowest BCUT2D eigenvalue weighted by molar-refractivity contribution is -0.143. The predicted molar refractivity (Wildman–Crippen MR) is 129 cm³/mol. The van der Waals surface area contributed by atoms with Crippen molar-refractivity contribution in [1.29, 1.82) is 0 Å². The summed E-state index contributed by atoms with van der Waals surface area (Å²) in [5.41, 5.74) is 1.38. The van der Waals surface area contributed by atoms with E-state index in [0.717, 1.165) is 4.88 Å². The summed E-state index contributed by atoms with van der Waals surface area (Å²) < 4.78 is 4.94. The molecule has 1 aromatic heterocycles. The number of nitrogens with one attached hydrogen (secondary N) is 1. The van der Waals surface area contributed by atoms with Crippen LogP contribution in [0, 0.1) is 0 Å². The molecule has 1 heterocycles. The molecule has 1 amide bonds. The third-order valence-corrected chi connectivity index (χ3v) is 5.57. The van der Waals surface area contributed by atoms with Gasteiger partial charge in [0.15, 0.2) is 18.2 Å².